The molecule has 2 amide bonds. The van der Waals surface area contributed by atoms with Crippen LogP contribution in [0.2, 0.25) is 0 Å². The van der Waals surface area contributed by atoms with Crippen LogP contribution < -0.4 is 15.4 Å². The Bertz CT molecular complexity index is 2090. The van der Waals surface area contributed by atoms with Crippen molar-refractivity contribution in [3.63, 3.8) is 0 Å². The first-order valence-electron chi connectivity index (χ1n) is 20.6. The van der Waals surface area contributed by atoms with E-state index in [-0.39, 0.29) is 37.1 Å². The molecule has 0 saturated carbocycles. The molecule has 1 heterocycles. The average Bonchev–Trinajstić information content (AvgIpc) is 3.52. The summed E-state index contributed by atoms with van der Waals surface area (Å²) in [5.74, 6) is -4.02. The van der Waals surface area contributed by atoms with E-state index >= 15 is 0 Å². The quantitative estimate of drug-likeness (QED) is 0.0917. The van der Waals surface area contributed by atoms with Gasteiger partial charge in [0, 0.05) is 45.7 Å². The number of fused-ring (bicyclic) bond motifs is 3. The number of rotatable bonds is 17. The molecule has 0 unspecified atom stereocenters. The number of unbranched alkanes of at least 4 members (excludes halogenated alkanes) is 1. The van der Waals surface area contributed by atoms with E-state index in [0.717, 1.165) is 49.9 Å². The molecule has 17 nitrogen and oxygen atoms in total. The molecule has 6 atom stereocenters. The summed E-state index contributed by atoms with van der Waals surface area (Å²) in [6.45, 7) is 9.43. The summed E-state index contributed by atoms with van der Waals surface area (Å²) in [6.07, 6.45) is -6.65. The standard InChI is InChI=1S/C46H54N2O15/c1-26(49)56-25-38-40(58-27(2)50)41(59-28(3)51)42(60-29(4)52)44(62-38)61-31-22-20-30(21-23-31)47-43(54)37(18-12-13-19-39(53)63-46(5,6)7)48-45(55)57-24-36-34-16-10-8-14-32(34)33-15-9-11-17-35(33)36/h8-11,14-17,20-23,36-38,40-42,44H,12-13,18-19,24-25H2,1-7H3,(H,47,54)(H,48,55)/t37-,38+,40+,41-,42+,44+/m0/s1. The number of hydrogen-bond acceptors (Lipinski definition) is 15. The minimum atomic E-state index is -1.47. The molecule has 0 spiro atoms. The second-order valence-corrected chi connectivity index (χ2v) is 16.1. The number of anilines is 1. The van der Waals surface area contributed by atoms with Crippen LogP contribution in [0.3, 0.4) is 0 Å². The molecular weight excluding hydrogens is 821 g/mol. The van der Waals surface area contributed by atoms with E-state index in [9.17, 15) is 33.6 Å². The van der Waals surface area contributed by atoms with Crippen molar-refractivity contribution in [3.05, 3.63) is 83.9 Å². The van der Waals surface area contributed by atoms with Gasteiger partial charge in [0.1, 0.15) is 36.7 Å². The number of carbonyl (C=O) groups excluding carboxylic acids is 7. The molecule has 3 aromatic carbocycles. The van der Waals surface area contributed by atoms with E-state index in [1.54, 1.807) is 20.8 Å². The molecule has 1 aliphatic carbocycles. The smallest absolute Gasteiger partial charge is 0.407 e. The van der Waals surface area contributed by atoms with Gasteiger partial charge in [0.25, 0.3) is 0 Å². The Morgan fingerprint density at radius 1 is 0.667 bits per heavy atom. The number of ether oxygens (including phenoxy) is 8. The number of carbonyl (C=O) groups is 7. The normalized spacial score (nSPS) is 19.5. The zero-order chi connectivity index (χ0) is 45.8. The zero-order valence-electron chi connectivity index (χ0n) is 36.3. The summed E-state index contributed by atoms with van der Waals surface area (Å²) < 4.78 is 44.7. The molecule has 0 radical (unpaired) electrons. The Morgan fingerprint density at radius 3 is 1.81 bits per heavy atom. The molecule has 1 fully saturated rings. The average molecular weight is 875 g/mol. The van der Waals surface area contributed by atoms with Gasteiger partial charge in [-0.15, -0.1) is 0 Å². The molecular formula is C46H54N2O15. The fourth-order valence-corrected chi connectivity index (χ4v) is 7.33. The highest BCUT2D eigenvalue weighted by molar-refractivity contribution is 5.96. The monoisotopic (exact) mass is 874 g/mol. The van der Waals surface area contributed by atoms with Gasteiger partial charge in [0.2, 0.25) is 18.3 Å². The van der Waals surface area contributed by atoms with Gasteiger partial charge in [0.15, 0.2) is 12.2 Å². The number of amides is 2. The topological polar surface area (TPSA) is 217 Å². The zero-order valence-corrected chi connectivity index (χ0v) is 36.3. The first-order valence-corrected chi connectivity index (χ1v) is 20.6. The molecule has 1 aliphatic heterocycles. The summed E-state index contributed by atoms with van der Waals surface area (Å²) >= 11 is 0. The molecule has 2 N–H and O–H groups in total. The van der Waals surface area contributed by atoms with Crippen LogP contribution in [0.15, 0.2) is 72.8 Å². The second-order valence-electron chi connectivity index (χ2n) is 16.1. The van der Waals surface area contributed by atoms with E-state index in [1.165, 1.54) is 24.3 Å². The predicted octanol–water partition coefficient (Wildman–Crippen LogP) is 5.90. The lowest BCUT2D eigenvalue weighted by molar-refractivity contribution is -0.288. The molecule has 3 aromatic rings. The van der Waals surface area contributed by atoms with Crippen molar-refractivity contribution in [1.29, 1.82) is 0 Å². The maximum absolute atomic E-state index is 13.8. The van der Waals surface area contributed by atoms with Crippen LogP contribution in [0.5, 0.6) is 5.75 Å². The lowest BCUT2D eigenvalue weighted by atomic mass is 9.98. The first kappa shape index (κ1) is 47.6. The fourth-order valence-electron chi connectivity index (χ4n) is 7.33. The van der Waals surface area contributed by atoms with Crippen molar-refractivity contribution in [2.24, 2.45) is 0 Å². The molecule has 0 bridgehead atoms. The maximum Gasteiger partial charge on any atom is 0.407 e. The predicted molar refractivity (Wildman–Crippen MR) is 224 cm³/mol. The third-order valence-electron chi connectivity index (χ3n) is 9.82. The SMILES string of the molecule is CC(=O)OC[C@H]1O[C@@H](Oc2ccc(NC(=O)[C@H](CCCCC(=O)OC(C)(C)C)NC(=O)OCC3c4ccccc4-c4ccccc43)cc2)[C@H](OC(C)=O)[C@@H](OC(C)=O)[C@@H]1OC(C)=O. The highest BCUT2D eigenvalue weighted by Gasteiger charge is 2.53. The Labute approximate surface area is 365 Å². The Kier molecular flexibility index (Phi) is 16.3. The van der Waals surface area contributed by atoms with Gasteiger partial charge in [-0.25, -0.2) is 4.79 Å². The van der Waals surface area contributed by atoms with Crippen LogP contribution >= 0.6 is 0 Å². The van der Waals surface area contributed by atoms with Crippen molar-refractivity contribution >= 4 is 47.5 Å². The number of alkyl carbamates (subject to hydrolysis) is 1. The van der Waals surface area contributed by atoms with E-state index in [2.05, 4.69) is 10.6 Å². The van der Waals surface area contributed by atoms with Gasteiger partial charge in [-0.1, -0.05) is 55.0 Å². The van der Waals surface area contributed by atoms with Crippen molar-refractivity contribution in [2.45, 2.75) is 122 Å². The third-order valence-corrected chi connectivity index (χ3v) is 9.82. The van der Waals surface area contributed by atoms with Crippen molar-refractivity contribution < 1.29 is 71.5 Å². The van der Waals surface area contributed by atoms with E-state index in [1.807, 2.05) is 48.5 Å². The fraction of sp³-hybridized carbons (Fsp3) is 0.457. The molecule has 63 heavy (non-hydrogen) atoms. The van der Waals surface area contributed by atoms with Crippen molar-refractivity contribution in [1.82, 2.24) is 5.32 Å². The highest BCUT2D eigenvalue weighted by atomic mass is 16.7. The lowest BCUT2D eigenvalue weighted by Crippen LogP contribution is -2.63. The number of hydrogen-bond donors (Lipinski definition) is 2. The lowest BCUT2D eigenvalue weighted by Gasteiger charge is -2.43. The first-order chi connectivity index (χ1) is 29.9. The second kappa shape index (κ2) is 21.5. The van der Waals surface area contributed by atoms with Crippen LogP contribution in [-0.4, -0.2) is 97.4 Å². The number of nitrogens with one attached hydrogen (secondary N) is 2. The van der Waals surface area contributed by atoms with Crippen molar-refractivity contribution in [3.8, 4) is 16.9 Å². The van der Waals surface area contributed by atoms with E-state index in [0.29, 0.717) is 18.5 Å². The van der Waals surface area contributed by atoms with Crippen LogP contribution in [0, 0.1) is 0 Å². The van der Waals surface area contributed by atoms with Crippen molar-refractivity contribution in [2.75, 3.05) is 18.5 Å². The minimum Gasteiger partial charge on any atom is -0.463 e. The molecule has 5 rings (SSSR count). The molecule has 338 valence electrons. The van der Waals surface area contributed by atoms with E-state index < -0.39 is 84.8 Å². The van der Waals surface area contributed by atoms with Crippen LogP contribution in [0.1, 0.15) is 91.2 Å². The molecule has 17 heteroatoms. The van der Waals surface area contributed by atoms with Gasteiger partial charge in [0.05, 0.1) is 0 Å². The molecule has 2 aliphatic rings. The Balaban J connectivity index is 1.29. The third kappa shape index (κ3) is 13.8. The van der Waals surface area contributed by atoms with Crippen LogP contribution in [0.25, 0.3) is 11.1 Å². The van der Waals surface area contributed by atoms with Crippen LogP contribution in [-0.2, 0) is 61.9 Å². The summed E-state index contributed by atoms with van der Waals surface area (Å²) in [4.78, 5) is 87.7. The van der Waals surface area contributed by atoms with Crippen LogP contribution in [0.4, 0.5) is 10.5 Å². The van der Waals surface area contributed by atoms with Gasteiger partial charge < -0.3 is 48.5 Å². The Hall–Kier alpha value is -6.49. The largest absolute Gasteiger partial charge is 0.463 e. The number of benzene rings is 3. The van der Waals surface area contributed by atoms with Gasteiger partial charge in [-0.3, -0.25) is 28.8 Å². The maximum atomic E-state index is 13.8. The Morgan fingerprint density at radius 2 is 1.24 bits per heavy atom. The van der Waals surface area contributed by atoms with Gasteiger partial charge >= 0.3 is 35.9 Å². The van der Waals surface area contributed by atoms with Gasteiger partial charge in [-0.2, -0.15) is 0 Å². The summed E-state index contributed by atoms with van der Waals surface area (Å²) in [7, 11) is 0. The highest BCUT2D eigenvalue weighted by Crippen LogP contribution is 2.44. The number of esters is 5. The molecule has 1 saturated heterocycles. The van der Waals surface area contributed by atoms with Gasteiger partial charge in [-0.05, 0) is 80.1 Å². The summed E-state index contributed by atoms with van der Waals surface area (Å²) in [6, 6.07) is 20.7. The van der Waals surface area contributed by atoms with E-state index in [4.69, 9.17) is 37.9 Å². The summed E-state index contributed by atoms with van der Waals surface area (Å²) in [5.41, 5.74) is 3.86. The minimum absolute atomic E-state index is 0.0356. The summed E-state index contributed by atoms with van der Waals surface area (Å²) in [5, 5.41) is 5.50. The molecule has 0 aromatic heterocycles.